The summed E-state index contributed by atoms with van der Waals surface area (Å²) in [5.74, 6) is -1.32. The van der Waals surface area contributed by atoms with Crippen molar-refractivity contribution < 1.29 is 46.7 Å². The molecular formula is C30H34F3N6O7P. The molecule has 0 unspecified atom stereocenters. The topological polar surface area (TPSA) is 175 Å². The van der Waals surface area contributed by atoms with Gasteiger partial charge in [0.2, 0.25) is 11.9 Å². The summed E-state index contributed by atoms with van der Waals surface area (Å²) in [6, 6.07) is 7.65. The maximum atomic E-state index is 14.1. The van der Waals surface area contributed by atoms with Crippen molar-refractivity contribution in [2.75, 3.05) is 31.9 Å². The molecule has 0 saturated heterocycles. The predicted molar refractivity (Wildman–Crippen MR) is 164 cm³/mol. The molecule has 0 bridgehead atoms. The highest BCUT2D eigenvalue weighted by molar-refractivity contribution is 7.50. The predicted octanol–water partition coefficient (Wildman–Crippen LogP) is 5.21. The average molecular weight is 679 g/mol. The average Bonchev–Trinajstić information content (AvgIpc) is 3.31. The van der Waals surface area contributed by atoms with Crippen LogP contribution in [0.3, 0.4) is 0 Å². The summed E-state index contributed by atoms with van der Waals surface area (Å²) in [6.07, 6.45) is -2.10. The minimum absolute atomic E-state index is 0.0624. The molecule has 1 aliphatic carbocycles. The third-order valence-electron chi connectivity index (χ3n) is 8.29. The van der Waals surface area contributed by atoms with Gasteiger partial charge in [0, 0.05) is 25.7 Å². The fraction of sp³-hybridized carbons (Fsp3) is 0.400. The SMILES string of the molecule is CONC(=O)C1CCC(c2ccc(Nc3nc(Nc4ccc(CP(=O)(O)O)cc4OC)ncc3C(F)(F)F)c3c2CN(C)C3=O)CC1. The number of carbonyl (C=O) groups is 2. The van der Waals surface area contributed by atoms with E-state index < -0.39 is 31.3 Å². The van der Waals surface area contributed by atoms with Gasteiger partial charge in [-0.25, -0.2) is 10.5 Å². The molecule has 13 nitrogen and oxygen atoms in total. The summed E-state index contributed by atoms with van der Waals surface area (Å²) in [5.41, 5.74) is 3.79. The van der Waals surface area contributed by atoms with Crippen LogP contribution in [0.1, 0.15) is 64.2 Å². The Kier molecular flexibility index (Phi) is 9.78. The number of alkyl halides is 3. The van der Waals surface area contributed by atoms with Gasteiger partial charge in [-0.2, -0.15) is 18.2 Å². The molecule has 5 rings (SSSR count). The van der Waals surface area contributed by atoms with Crippen LogP contribution in [0.25, 0.3) is 0 Å². The number of anilines is 4. The highest BCUT2D eigenvalue weighted by Crippen LogP contribution is 2.44. The van der Waals surface area contributed by atoms with E-state index in [1.807, 2.05) is 6.07 Å². The number of aromatic nitrogens is 2. The molecule has 1 aliphatic heterocycles. The molecule has 1 saturated carbocycles. The molecule has 5 N–H and O–H groups in total. The van der Waals surface area contributed by atoms with Crippen molar-refractivity contribution in [3.05, 3.63) is 64.3 Å². The van der Waals surface area contributed by atoms with Gasteiger partial charge >= 0.3 is 13.8 Å². The van der Waals surface area contributed by atoms with E-state index in [0.29, 0.717) is 37.4 Å². The molecule has 2 aromatic carbocycles. The third-order valence-corrected chi connectivity index (χ3v) is 9.07. The van der Waals surface area contributed by atoms with E-state index in [1.165, 1.54) is 37.3 Å². The number of nitrogens with one attached hydrogen (secondary N) is 3. The lowest BCUT2D eigenvalue weighted by Gasteiger charge is -2.29. The summed E-state index contributed by atoms with van der Waals surface area (Å²) in [7, 11) is -0.0365. The number of hydroxylamine groups is 1. The summed E-state index contributed by atoms with van der Waals surface area (Å²) in [5, 5.41) is 5.54. The van der Waals surface area contributed by atoms with Crippen LogP contribution in [0.15, 0.2) is 36.5 Å². The first kappa shape index (κ1) is 34.1. The van der Waals surface area contributed by atoms with Crippen molar-refractivity contribution in [1.82, 2.24) is 20.3 Å². The number of methoxy groups -OCH3 is 1. The number of benzene rings is 2. The van der Waals surface area contributed by atoms with Crippen LogP contribution in [0.5, 0.6) is 5.75 Å². The molecular weight excluding hydrogens is 644 g/mol. The van der Waals surface area contributed by atoms with Crippen molar-refractivity contribution in [2.24, 2.45) is 5.92 Å². The number of nitrogens with zero attached hydrogens (tertiary/aromatic N) is 3. The minimum Gasteiger partial charge on any atom is -0.495 e. The second-order valence-electron chi connectivity index (χ2n) is 11.5. The van der Waals surface area contributed by atoms with E-state index in [1.54, 1.807) is 13.1 Å². The van der Waals surface area contributed by atoms with Gasteiger partial charge in [-0.1, -0.05) is 12.1 Å². The van der Waals surface area contributed by atoms with Crippen LogP contribution in [-0.4, -0.2) is 57.7 Å². The molecule has 2 aliphatic rings. The van der Waals surface area contributed by atoms with Gasteiger partial charge in [-0.15, -0.1) is 0 Å². The van der Waals surface area contributed by atoms with Gasteiger partial charge < -0.3 is 30.1 Å². The zero-order valence-corrected chi connectivity index (χ0v) is 26.6. The molecule has 252 valence electrons. The lowest BCUT2D eigenvalue weighted by Crippen LogP contribution is -2.32. The smallest absolute Gasteiger partial charge is 0.421 e. The Morgan fingerprint density at radius 1 is 1.09 bits per heavy atom. The zero-order valence-electron chi connectivity index (χ0n) is 25.7. The molecule has 47 heavy (non-hydrogen) atoms. The number of halogens is 3. The van der Waals surface area contributed by atoms with Gasteiger partial charge in [0.25, 0.3) is 5.91 Å². The second kappa shape index (κ2) is 13.5. The maximum absolute atomic E-state index is 14.1. The normalized spacial score (nSPS) is 18.1. The first-order chi connectivity index (χ1) is 22.2. The van der Waals surface area contributed by atoms with Crippen molar-refractivity contribution in [2.45, 2.75) is 50.5 Å². The van der Waals surface area contributed by atoms with Crippen molar-refractivity contribution in [3.63, 3.8) is 0 Å². The zero-order chi connectivity index (χ0) is 34.1. The minimum atomic E-state index is -4.83. The van der Waals surface area contributed by atoms with Gasteiger partial charge in [-0.05, 0) is 66.5 Å². The van der Waals surface area contributed by atoms with E-state index in [0.717, 1.165) is 5.56 Å². The molecule has 0 spiro atoms. The maximum Gasteiger partial charge on any atom is 0.421 e. The Labute approximate surface area is 268 Å². The van der Waals surface area contributed by atoms with E-state index >= 15 is 0 Å². The molecule has 0 atom stereocenters. The number of fused-ring (bicyclic) bond motifs is 1. The Morgan fingerprint density at radius 3 is 2.43 bits per heavy atom. The molecule has 1 aromatic heterocycles. The number of hydrogen-bond donors (Lipinski definition) is 5. The van der Waals surface area contributed by atoms with E-state index in [9.17, 15) is 37.1 Å². The highest BCUT2D eigenvalue weighted by Gasteiger charge is 2.38. The highest BCUT2D eigenvalue weighted by atomic mass is 31.2. The molecule has 0 radical (unpaired) electrons. The lowest BCUT2D eigenvalue weighted by atomic mass is 9.76. The van der Waals surface area contributed by atoms with Gasteiger partial charge in [0.1, 0.15) is 17.1 Å². The van der Waals surface area contributed by atoms with E-state index in [2.05, 4.69) is 26.1 Å². The van der Waals surface area contributed by atoms with Crippen molar-refractivity contribution in [1.29, 1.82) is 0 Å². The number of rotatable bonds is 10. The summed E-state index contributed by atoms with van der Waals surface area (Å²) in [4.78, 5) is 58.3. The van der Waals surface area contributed by atoms with Gasteiger partial charge in [-0.3, -0.25) is 19.0 Å². The summed E-state index contributed by atoms with van der Waals surface area (Å²) in [6.45, 7) is 0.281. The van der Waals surface area contributed by atoms with Crippen molar-refractivity contribution in [3.8, 4) is 5.75 Å². The van der Waals surface area contributed by atoms with Crippen LogP contribution in [0.4, 0.5) is 36.3 Å². The Hall–Kier alpha value is -4.24. The number of carbonyl (C=O) groups excluding carboxylic acids is 2. The number of ether oxygens (including phenoxy) is 1. The molecule has 3 aromatic rings. The van der Waals surface area contributed by atoms with Gasteiger partial charge in [0.05, 0.1) is 37.3 Å². The lowest BCUT2D eigenvalue weighted by molar-refractivity contribution is -0.137. The van der Waals surface area contributed by atoms with Crippen LogP contribution in [-0.2, 0) is 33.1 Å². The molecule has 2 amide bonds. The molecule has 17 heteroatoms. The van der Waals surface area contributed by atoms with Crippen LogP contribution >= 0.6 is 7.60 Å². The fourth-order valence-electron chi connectivity index (χ4n) is 6.08. The van der Waals surface area contributed by atoms with E-state index in [4.69, 9.17) is 9.57 Å². The monoisotopic (exact) mass is 678 g/mol. The standard InChI is InChI=1S/C30H34F3N6O7P/c1-39-14-20-19(17-5-7-18(8-6-17)27(40)38-46-3)9-11-23(25(20)28(39)41)35-26-21(30(31,32)33)13-34-29(37-26)36-22-10-4-16(12-24(22)45-2)15-47(42,43)44/h4,9-13,17-18H,5-8,14-15H2,1-3H3,(H,38,40)(H2,42,43,44)(H2,34,35,36,37). The quantitative estimate of drug-likeness (QED) is 0.141. The first-order valence-electron chi connectivity index (χ1n) is 14.6. The molecule has 2 heterocycles. The third kappa shape index (κ3) is 7.67. The van der Waals surface area contributed by atoms with E-state index in [-0.39, 0.29) is 64.4 Å². The van der Waals surface area contributed by atoms with Crippen LogP contribution < -0.4 is 20.9 Å². The second-order valence-corrected chi connectivity index (χ2v) is 13.1. The Morgan fingerprint density at radius 2 is 1.79 bits per heavy atom. The first-order valence-corrected chi connectivity index (χ1v) is 16.4. The Balaban J connectivity index is 1.45. The van der Waals surface area contributed by atoms with Crippen LogP contribution in [0.2, 0.25) is 0 Å². The molecule has 1 fully saturated rings. The van der Waals surface area contributed by atoms with Gasteiger partial charge in [0.15, 0.2) is 0 Å². The number of hydrogen-bond acceptors (Lipinski definition) is 9. The van der Waals surface area contributed by atoms with Crippen LogP contribution in [0, 0.1) is 5.92 Å². The number of amides is 2. The fourth-order valence-corrected chi connectivity index (χ4v) is 6.76. The van der Waals surface area contributed by atoms with Crippen molar-refractivity contribution >= 4 is 42.6 Å². The summed E-state index contributed by atoms with van der Waals surface area (Å²) >= 11 is 0. The Bertz CT molecular complexity index is 1730. The summed E-state index contributed by atoms with van der Waals surface area (Å²) < 4.78 is 59.1. The largest absolute Gasteiger partial charge is 0.495 e.